The van der Waals surface area contributed by atoms with Crippen LogP contribution >= 0.6 is 11.6 Å². The van der Waals surface area contributed by atoms with Gasteiger partial charge in [-0.25, -0.2) is 5.43 Å². The van der Waals surface area contributed by atoms with Crippen LogP contribution in [0.15, 0.2) is 41.5 Å². The Morgan fingerprint density at radius 2 is 2.07 bits per heavy atom. The molecule has 0 fully saturated rings. The summed E-state index contributed by atoms with van der Waals surface area (Å²) in [6.45, 7) is 3.05. The van der Waals surface area contributed by atoms with Gasteiger partial charge in [-0.05, 0) is 43.7 Å². The van der Waals surface area contributed by atoms with Crippen LogP contribution in [0.4, 0.5) is 11.4 Å². The number of hydrogen-bond donors (Lipinski definition) is 2. The topological polar surface area (TPSA) is 123 Å². The molecule has 0 aliphatic rings. The fraction of sp³-hybridized carbons (Fsp3) is 0.167. The average molecular weight is 405 g/mol. The Labute approximate surface area is 165 Å². The molecule has 0 atom stereocenters. The van der Waals surface area contributed by atoms with Crippen LogP contribution < -0.4 is 15.5 Å². The summed E-state index contributed by atoms with van der Waals surface area (Å²) >= 11 is 5.87. The first kappa shape index (κ1) is 20.8. The minimum absolute atomic E-state index is 0.172. The maximum Gasteiger partial charge on any atom is 0.277 e. The fourth-order valence-corrected chi connectivity index (χ4v) is 2.52. The summed E-state index contributed by atoms with van der Waals surface area (Å²) in [6.07, 6.45) is 0.443. The highest BCUT2D eigenvalue weighted by atomic mass is 35.5. The van der Waals surface area contributed by atoms with Gasteiger partial charge in [-0.3, -0.25) is 19.7 Å². The predicted molar refractivity (Wildman–Crippen MR) is 105 cm³/mol. The number of nitro groups is 1. The van der Waals surface area contributed by atoms with Gasteiger partial charge in [-0.2, -0.15) is 5.10 Å². The highest BCUT2D eigenvalue weighted by Gasteiger charge is 2.13. The van der Waals surface area contributed by atoms with E-state index in [1.54, 1.807) is 32.0 Å². The maximum atomic E-state index is 12.0. The molecule has 0 saturated heterocycles. The SMILES string of the molecule is C/C(=N/NC(=O)COc1ccc(Cl)cc1C)c1cc([N+](=O)[O-])ccc1NC=O. The minimum Gasteiger partial charge on any atom is -0.483 e. The number of nitro benzene ring substituents is 1. The molecule has 10 heteroatoms. The molecule has 9 nitrogen and oxygen atoms in total. The Morgan fingerprint density at radius 1 is 1.32 bits per heavy atom. The van der Waals surface area contributed by atoms with Crippen LogP contribution in [0, 0.1) is 17.0 Å². The van der Waals surface area contributed by atoms with Crippen molar-refractivity contribution >= 4 is 41.0 Å². The number of hydrogen-bond acceptors (Lipinski definition) is 6. The minimum atomic E-state index is -0.567. The number of ether oxygens (including phenoxy) is 1. The van der Waals surface area contributed by atoms with Crippen molar-refractivity contribution in [3.8, 4) is 5.75 Å². The molecule has 0 unspecified atom stereocenters. The van der Waals surface area contributed by atoms with Gasteiger partial charge in [-0.1, -0.05) is 11.6 Å². The van der Waals surface area contributed by atoms with Gasteiger partial charge in [-0.15, -0.1) is 0 Å². The molecule has 146 valence electrons. The van der Waals surface area contributed by atoms with Gasteiger partial charge in [0, 0.05) is 22.7 Å². The Morgan fingerprint density at radius 3 is 2.71 bits per heavy atom. The Bertz CT molecular complexity index is 946. The first-order chi connectivity index (χ1) is 13.3. The van der Waals surface area contributed by atoms with Crippen molar-refractivity contribution in [2.75, 3.05) is 11.9 Å². The quantitative estimate of drug-likeness (QED) is 0.303. The second-order valence-corrected chi connectivity index (χ2v) is 6.12. The first-order valence-electron chi connectivity index (χ1n) is 8.03. The lowest BCUT2D eigenvalue weighted by molar-refractivity contribution is -0.384. The van der Waals surface area contributed by atoms with Crippen LogP contribution in [-0.4, -0.2) is 29.6 Å². The zero-order valence-electron chi connectivity index (χ0n) is 15.1. The molecule has 2 aromatic rings. The number of halogens is 1. The molecular weight excluding hydrogens is 388 g/mol. The zero-order valence-corrected chi connectivity index (χ0v) is 15.8. The molecule has 2 amide bonds. The highest BCUT2D eigenvalue weighted by molar-refractivity contribution is 6.30. The van der Waals surface area contributed by atoms with Crippen LogP contribution in [0.1, 0.15) is 18.1 Å². The molecule has 0 heterocycles. The lowest BCUT2D eigenvalue weighted by Crippen LogP contribution is -2.26. The Balaban J connectivity index is 2.08. The predicted octanol–water partition coefficient (Wildman–Crippen LogP) is 3.04. The number of anilines is 1. The van der Waals surface area contributed by atoms with E-state index in [2.05, 4.69) is 15.8 Å². The number of rotatable bonds is 8. The van der Waals surface area contributed by atoms with Crippen LogP contribution in [-0.2, 0) is 9.59 Å². The molecule has 0 radical (unpaired) electrons. The summed E-state index contributed by atoms with van der Waals surface area (Å²) in [4.78, 5) is 33.1. The zero-order chi connectivity index (χ0) is 20.7. The molecule has 0 aliphatic heterocycles. The van der Waals surface area contributed by atoms with Crippen molar-refractivity contribution in [1.82, 2.24) is 5.43 Å². The lowest BCUT2D eigenvalue weighted by atomic mass is 10.1. The number of nitrogens with zero attached hydrogens (tertiary/aromatic N) is 2. The molecule has 0 bridgehead atoms. The molecule has 28 heavy (non-hydrogen) atoms. The monoisotopic (exact) mass is 404 g/mol. The van der Waals surface area contributed by atoms with Gasteiger partial charge < -0.3 is 10.1 Å². The average Bonchev–Trinajstić information content (AvgIpc) is 2.65. The van der Waals surface area contributed by atoms with E-state index >= 15 is 0 Å². The summed E-state index contributed by atoms with van der Waals surface area (Å²) in [5, 5.41) is 17.9. The van der Waals surface area contributed by atoms with Crippen LogP contribution in [0.3, 0.4) is 0 Å². The molecule has 0 aromatic heterocycles. The highest BCUT2D eigenvalue weighted by Crippen LogP contribution is 2.23. The lowest BCUT2D eigenvalue weighted by Gasteiger charge is -2.10. The molecular formula is C18H17ClN4O5. The smallest absolute Gasteiger partial charge is 0.277 e. The number of non-ortho nitro benzene ring substituents is 1. The first-order valence-corrected chi connectivity index (χ1v) is 8.40. The Kier molecular flexibility index (Phi) is 7.05. The number of benzene rings is 2. The summed E-state index contributed by atoms with van der Waals surface area (Å²) in [6, 6.07) is 8.90. The van der Waals surface area contributed by atoms with Crippen molar-refractivity contribution in [1.29, 1.82) is 0 Å². The molecule has 2 N–H and O–H groups in total. The molecule has 0 spiro atoms. The molecule has 2 rings (SSSR count). The summed E-state index contributed by atoms with van der Waals surface area (Å²) < 4.78 is 5.42. The van der Waals surface area contributed by atoms with Gasteiger partial charge >= 0.3 is 0 Å². The normalized spacial score (nSPS) is 10.9. The Hall–Kier alpha value is -3.46. The number of carbonyl (C=O) groups is 2. The van der Waals surface area contributed by atoms with Crippen molar-refractivity contribution < 1.29 is 19.2 Å². The third kappa shape index (κ3) is 5.52. The number of hydrazone groups is 1. The van der Waals surface area contributed by atoms with E-state index in [-0.39, 0.29) is 18.0 Å². The van der Waals surface area contributed by atoms with Gasteiger partial charge in [0.15, 0.2) is 6.61 Å². The van der Waals surface area contributed by atoms with E-state index in [0.717, 1.165) is 5.56 Å². The molecule has 2 aromatic carbocycles. The van der Waals surface area contributed by atoms with Gasteiger partial charge in [0.1, 0.15) is 5.75 Å². The van der Waals surface area contributed by atoms with Gasteiger partial charge in [0.05, 0.1) is 16.3 Å². The standard InChI is InChI=1S/C18H17ClN4O5/c1-11-7-13(19)3-6-17(11)28-9-18(25)22-21-12(2)15-8-14(23(26)27)4-5-16(15)20-10-24/h3-8,10H,9H2,1-2H3,(H,20,24)(H,22,25)/b21-12-. The third-order valence-corrected chi connectivity index (χ3v) is 3.90. The van der Waals surface area contributed by atoms with Crippen LogP contribution in [0.25, 0.3) is 0 Å². The summed E-state index contributed by atoms with van der Waals surface area (Å²) in [5.74, 6) is -0.0135. The van der Waals surface area contributed by atoms with E-state index < -0.39 is 10.8 Å². The van der Waals surface area contributed by atoms with E-state index in [0.29, 0.717) is 28.4 Å². The van der Waals surface area contributed by atoms with Gasteiger partial charge in [0.25, 0.3) is 11.6 Å². The third-order valence-electron chi connectivity index (χ3n) is 3.66. The molecule has 0 aliphatic carbocycles. The number of carbonyl (C=O) groups excluding carboxylic acids is 2. The van der Waals surface area contributed by atoms with Crippen molar-refractivity contribution in [2.24, 2.45) is 5.10 Å². The summed E-state index contributed by atoms with van der Waals surface area (Å²) in [5.41, 5.74) is 3.81. The van der Waals surface area contributed by atoms with E-state index in [1.807, 2.05) is 0 Å². The largest absolute Gasteiger partial charge is 0.483 e. The van der Waals surface area contributed by atoms with Crippen molar-refractivity contribution in [3.63, 3.8) is 0 Å². The van der Waals surface area contributed by atoms with E-state index in [4.69, 9.17) is 16.3 Å². The second kappa shape index (κ2) is 9.47. The van der Waals surface area contributed by atoms with E-state index in [1.165, 1.54) is 18.2 Å². The van der Waals surface area contributed by atoms with Crippen molar-refractivity contribution in [2.45, 2.75) is 13.8 Å². The molecule has 0 saturated carbocycles. The van der Waals surface area contributed by atoms with Crippen LogP contribution in [0.2, 0.25) is 5.02 Å². The number of amides is 2. The van der Waals surface area contributed by atoms with E-state index in [9.17, 15) is 19.7 Å². The van der Waals surface area contributed by atoms with Crippen molar-refractivity contribution in [3.05, 3.63) is 62.7 Å². The maximum absolute atomic E-state index is 12.0. The fourth-order valence-electron chi connectivity index (χ4n) is 2.29. The number of aryl methyl sites for hydroxylation is 1. The van der Waals surface area contributed by atoms with Crippen LogP contribution in [0.5, 0.6) is 5.75 Å². The second-order valence-electron chi connectivity index (χ2n) is 5.68. The number of nitrogens with one attached hydrogen (secondary N) is 2. The van der Waals surface area contributed by atoms with Gasteiger partial charge in [0.2, 0.25) is 6.41 Å². The summed E-state index contributed by atoms with van der Waals surface area (Å²) in [7, 11) is 0.